The minimum Gasteiger partial charge on any atom is -0.455 e. The number of sulfonamides is 1. The third-order valence-electron chi connectivity index (χ3n) is 3.12. The van der Waals surface area contributed by atoms with Crippen molar-refractivity contribution in [1.82, 2.24) is 4.72 Å². The van der Waals surface area contributed by atoms with Crippen molar-refractivity contribution in [2.75, 3.05) is 18.5 Å². The molecule has 0 atom stereocenters. The number of esters is 1. The van der Waals surface area contributed by atoms with Crippen LogP contribution in [0.25, 0.3) is 0 Å². The number of nitriles is 1. The van der Waals surface area contributed by atoms with Gasteiger partial charge < -0.3 is 10.1 Å². The Labute approximate surface area is 150 Å². The van der Waals surface area contributed by atoms with E-state index in [9.17, 15) is 18.0 Å². The first-order valence-corrected chi connectivity index (χ1v) is 8.89. The van der Waals surface area contributed by atoms with Gasteiger partial charge in [-0.25, -0.2) is 8.42 Å². The molecule has 0 heterocycles. The van der Waals surface area contributed by atoms with Crippen LogP contribution in [-0.2, 0) is 24.3 Å². The van der Waals surface area contributed by atoms with Gasteiger partial charge in [-0.2, -0.15) is 9.98 Å². The normalized spacial score (nSPS) is 10.6. The fourth-order valence-corrected chi connectivity index (χ4v) is 2.83. The lowest BCUT2D eigenvalue weighted by Crippen LogP contribution is -2.32. The van der Waals surface area contributed by atoms with Gasteiger partial charge in [0.15, 0.2) is 6.61 Å². The predicted molar refractivity (Wildman–Crippen MR) is 92.4 cm³/mol. The molecule has 0 aliphatic heterocycles. The van der Waals surface area contributed by atoms with Gasteiger partial charge in [0, 0.05) is 5.69 Å². The lowest BCUT2D eigenvalue weighted by molar-refractivity contribution is -0.146. The van der Waals surface area contributed by atoms with Crippen molar-refractivity contribution in [2.45, 2.75) is 4.90 Å². The topological polar surface area (TPSA) is 125 Å². The van der Waals surface area contributed by atoms with Gasteiger partial charge in [0.05, 0.1) is 16.5 Å². The molecule has 2 rings (SSSR count). The van der Waals surface area contributed by atoms with E-state index in [4.69, 9.17) is 10.00 Å². The molecule has 0 unspecified atom stereocenters. The lowest BCUT2D eigenvalue weighted by Gasteiger charge is -2.08. The fourth-order valence-electron chi connectivity index (χ4n) is 1.86. The molecule has 0 aromatic heterocycles. The molecule has 8 nitrogen and oxygen atoms in total. The summed E-state index contributed by atoms with van der Waals surface area (Å²) < 4.78 is 30.9. The number of anilines is 1. The second-order valence-corrected chi connectivity index (χ2v) is 6.80. The van der Waals surface area contributed by atoms with E-state index in [0.717, 1.165) is 0 Å². The van der Waals surface area contributed by atoms with Crippen LogP contribution in [0, 0.1) is 11.3 Å². The molecule has 1 amide bonds. The van der Waals surface area contributed by atoms with E-state index in [1.807, 2.05) is 6.07 Å². The molecule has 0 bridgehead atoms. The molecular weight excluding hydrogens is 358 g/mol. The van der Waals surface area contributed by atoms with Crippen LogP contribution in [0.2, 0.25) is 0 Å². The molecule has 0 saturated heterocycles. The lowest BCUT2D eigenvalue weighted by atomic mass is 10.2. The minimum absolute atomic E-state index is 0.0916. The van der Waals surface area contributed by atoms with Crippen LogP contribution in [0.15, 0.2) is 59.5 Å². The van der Waals surface area contributed by atoms with Gasteiger partial charge in [0.25, 0.3) is 5.91 Å². The highest BCUT2D eigenvalue weighted by atomic mass is 32.2. The fraction of sp³-hybridized carbons (Fsp3) is 0.118. The highest BCUT2D eigenvalue weighted by Gasteiger charge is 2.16. The predicted octanol–water partition coefficient (Wildman–Crippen LogP) is 1.02. The van der Waals surface area contributed by atoms with E-state index in [0.29, 0.717) is 11.3 Å². The number of hydrogen-bond donors (Lipinski definition) is 2. The number of benzene rings is 2. The molecule has 0 spiro atoms. The number of nitrogens with zero attached hydrogens (tertiary/aromatic N) is 1. The zero-order valence-electron chi connectivity index (χ0n) is 13.5. The smallest absolute Gasteiger partial charge is 0.321 e. The molecule has 0 radical (unpaired) electrons. The van der Waals surface area contributed by atoms with Crippen LogP contribution >= 0.6 is 0 Å². The van der Waals surface area contributed by atoms with Crippen molar-refractivity contribution in [3.05, 3.63) is 60.2 Å². The molecule has 9 heteroatoms. The van der Waals surface area contributed by atoms with Crippen molar-refractivity contribution >= 4 is 27.6 Å². The van der Waals surface area contributed by atoms with E-state index in [1.54, 1.807) is 30.3 Å². The number of nitrogens with one attached hydrogen (secondary N) is 2. The number of carbonyl (C=O) groups excluding carboxylic acids is 2. The standard InChI is InChI=1S/C17H15N3O5S/c18-10-13-6-8-15(9-7-13)26(23,24)19-11-17(22)25-12-16(21)20-14-4-2-1-3-5-14/h1-9,19H,11-12H2,(H,20,21). The van der Waals surface area contributed by atoms with Crippen LogP contribution in [0.3, 0.4) is 0 Å². The highest BCUT2D eigenvalue weighted by molar-refractivity contribution is 7.89. The van der Waals surface area contributed by atoms with Crippen molar-refractivity contribution in [1.29, 1.82) is 5.26 Å². The Morgan fingerprint density at radius 3 is 2.31 bits per heavy atom. The second-order valence-electron chi connectivity index (χ2n) is 5.04. The number of rotatable bonds is 7. The van der Waals surface area contributed by atoms with E-state index >= 15 is 0 Å². The average molecular weight is 373 g/mol. The Bertz CT molecular complexity index is 919. The Morgan fingerprint density at radius 1 is 1.04 bits per heavy atom. The Kier molecular flexibility index (Phi) is 6.43. The first-order chi connectivity index (χ1) is 12.4. The first kappa shape index (κ1) is 19.1. The molecular formula is C17H15N3O5S. The average Bonchev–Trinajstić information content (AvgIpc) is 2.65. The minimum atomic E-state index is -3.93. The van der Waals surface area contributed by atoms with Gasteiger partial charge in [-0.05, 0) is 36.4 Å². The summed E-state index contributed by atoms with van der Waals surface area (Å²) in [5, 5.41) is 11.2. The van der Waals surface area contributed by atoms with E-state index in [1.165, 1.54) is 24.3 Å². The third kappa shape index (κ3) is 5.70. The number of amides is 1. The maximum atomic E-state index is 12.0. The summed E-state index contributed by atoms with van der Waals surface area (Å²) in [5.74, 6) is -1.44. The molecule has 0 aliphatic rings. The summed E-state index contributed by atoms with van der Waals surface area (Å²) in [4.78, 5) is 23.2. The number of hydrogen-bond acceptors (Lipinski definition) is 6. The van der Waals surface area contributed by atoms with Gasteiger partial charge in [-0.3, -0.25) is 9.59 Å². The number of ether oxygens (including phenoxy) is 1. The molecule has 0 aliphatic carbocycles. The number of carbonyl (C=O) groups is 2. The van der Waals surface area contributed by atoms with Crippen LogP contribution in [0.5, 0.6) is 0 Å². The largest absolute Gasteiger partial charge is 0.455 e. The summed E-state index contributed by atoms with van der Waals surface area (Å²) in [6.07, 6.45) is 0. The van der Waals surface area contributed by atoms with Crippen molar-refractivity contribution < 1.29 is 22.7 Å². The third-order valence-corrected chi connectivity index (χ3v) is 4.54. The van der Waals surface area contributed by atoms with Crippen LogP contribution in [0.1, 0.15) is 5.56 Å². The molecule has 2 N–H and O–H groups in total. The van der Waals surface area contributed by atoms with Gasteiger partial charge in [0.1, 0.15) is 6.54 Å². The summed E-state index contributed by atoms with van der Waals surface area (Å²) in [6.45, 7) is -1.16. The molecule has 0 fully saturated rings. The maximum absolute atomic E-state index is 12.0. The Hall–Kier alpha value is -3.22. The summed E-state index contributed by atoms with van der Waals surface area (Å²) in [7, 11) is -3.93. The molecule has 0 saturated carbocycles. The zero-order valence-corrected chi connectivity index (χ0v) is 14.3. The molecule has 26 heavy (non-hydrogen) atoms. The van der Waals surface area contributed by atoms with E-state index < -0.39 is 35.1 Å². The first-order valence-electron chi connectivity index (χ1n) is 7.41. The highest BCUT2D eigenvalue weighted by Crippen LogP contribution is 2.09. The van der Waals surface area contributed by atoms with Gasteiger partial charge >= 0.3 is 5.97 Å². The van der Waals surface area contributed by atoms with Crippen molar-refractivity contribution in [3.8, 4) is 6.07 Å². The quantitative estimate of drug-likeness (QED) is 0.698. The monoisotopic (exact) mass is 373 g/mol. The zero-order chi connectivity index (χ0) is 19.0. The Balaban J connectivity index is 1.80. The SMILES string of the molecule is N#Cc1ccc(S(=O)(=O)NCC(=O)OCC(=O)Nc2ccccc2)cc1. The van der Waals surface area contributed by atoms with Gasteiger partial charge in [0.2, 0.25) is 10.0 Å². The van der Waals surface area contributed by atoms with Crippen LogP contribution in [0.4, 0.5) is 5.69 Å². The number of para-hydroxylation sites is 1. The van der Waals surface area contributed by atoms with E-state index in [2.05, 4.69) is 10.0 Å². The Morgan fingerprint density at radius 2 is 1.69 bits per heavy atom. The second kappa shape index (κ2) is 8.75. The van der Waals surface area contributed by atoms with Crippen LogP contribution in [-0.4, -0.2) is 33.4 Å². The summed E-state index contributed by atoms with van der Waals surface area (Å²) in [5.41, 5.74) is 0.864. The summed E-state index contributed by atoms with van der Waals surface area (Å²) >= 11 is 0. The molecule has 134 valence electrons. The van der Waals surface area contributed by atoms with Gasteiger partial charge in [-0.1, -0.05) is 18.2 Å². The van der Waals surface area contributed by atoms with E-state index in [-0.39, 0.29) is 4.90 Å². The van der Waals surface area contributed by atoms with Crippen molar-refractivity contribution in [3.63, 3.8) is 0 Å². The van der Waals surface area contributed by atoms with Crippen LogP contribution < -0.4 is 10.0 Å². The molecule has 2 aromatic carbocycles. The summed E-state index contributed by atoms with van der Waals surface area (Å²) in [6, 6.07) is 15.7. The maximum Gasteiger partial charge on any atom is 0.321 e. The molecule has 2 aromatic rings. The van der Waals surface area contributed by atoms with Crippen molar-refractivity contribution in [2.24, 2.45) is 0 Å². The van der Waals surface area contributed by atoms with Gasteiger partial charge in [-0.15, -0.1) is 0 Å².